The lowest BCUT2D eigenvalue weighted by Crippen LogP contribution is -2.38. The second-order valence-corrected chi connectivity index (χ2v) is 9.24. The third kappa shape index (κ3) is 3.58. The van der Waals surface area contributed by atoms with Crippen LogP contribution in [0.15, 0.2) is 36.5 Å². The van der Waals surface area contributed by atoms with E-state index in [1.54, 1.807) is 0 Å². The largest absolute Gasteiger partial charge is 0.317 e. The fourth-order valence-corrected chi connectivity index (χ4v) is 4.64. The molecule has 2 aliphatic rings. The van der Waals surface area contributed by atoms with Gasteiger partial charge in [-0.3, -0.25) is 4.90 Å². The highest BCUT2D eigenvalue weighted by Gasteiger charge is 2.39. The van der Waals surface area contributed by atoms with Crippen molar-refractivity contribution in [2.45, 2.75) is 52.0 Å². The molecule has 1 N–H and O–H groups in total. The Balaban J connectivity index is 1.57. The van der Waals surface area contributed by atoms with Crippen molar-refractivity contribution in [2.75, 3.05) is 26.2 Å². The van der Waals surface area contributed by atoms with Gasteiger partial charge in [-0.2, -0.15) is 5.10 Å². The number of benzene rings is 1. The lowest BCUT2D eigenvalue weighted by molar-refractivity contribution is 0.193. The highest BCUT2D eigenvalue weighted by atomic mass is 15.3. The number of nitrogens with one attached hydrogen (secondary N) is 1. The summed E-state index contributed by atoms with van der Waals surface area (Å²) in [6, 6.07) is 10.5. The summed E-state index contributed by atoms with van der Waals surface area (Å²) in [7, 11) is 0. The number of hydrogen-bond acceptors (Lipinski definition) is 3. The summed E-state index contributed by atoms with van der Waals surface area (Å²) in [6.07, 6.45) is 6.27. The topological polar surface area (TPSA) is 33.1 Å². The molecule has 0 unspecified atom stereocenters. The first kappa shape index (κ1) is 17.7. The molecular formula is C22H32N4. The molecule has 140 valence electrons. The molecule has 2 saturated heterocycles. The van der Waals surface area contributed by atoms with E-state index in [9.17, 15) is 0 Å². The molecule has 0 bridgehead atoms. The van der Waals surface area contributed by atoms with Crippen LogP contribution in [0.1, 0.15) is 51.3 Å². The van der Waals surface area contributed by atoms with Crippen molar-refractivity contribution in [3.05, 3.63) is 47.8 Å². The Morgan fingerprint density at radius 3 is 2.50 bits per heavy atom. The third-order valence-corrected chi connectivity index (χ3v) is 6.10. The van der Waals surface area contributed by atoms with E-state index < -0.39 is 0 Å². The van der Waals surface area contributed by atoms with Crippen LogP contribution in [0.4, 0.5) is 0 Å². The average molecular weight is 353 g/mol. The van der Waals surface area contributed by atoms with Crippen molar-refractivity contribution in [1.29, 1.82) is 0 Å². The van der Waals surface area contributed by atoms with E-state index in [-0.39, 0.29) is 5.41 Å². The van der Waals surface area contributed by atoms with E-state index in [1.165, 1.54) is 56.7 Å². The summed E-state index contributed by atoms with van der Waals surface area (Å²) >= 11 is 0. The van der Waals surface area contributed by atoms with Gasteiger partial charge in [-0.15, -0.1) is 0 Å². The Hall–Kier alpha value is -1.65. The minimum Gasteiger partial charge on any atom is -0.317 e. The zero-order valence-corrected chi connectivity index (χ0v) is 16.5. The normalized spacial score (nSPS) is 20.7. The summed E-state index contributed by atoms with van der Waals surface area (Å²) in [5.74, 6) is 0. The number of para-hydroxylation sites is 1. The lowest BCUT2D eigenvalue weighted by Gasteiger charge is -2.34. The molecule has 1 aromatic heterocycles. The maximum atomic E-state index is 4.98. The van der Waals surface area contributed by atoms with Crippen LogP contribution in [0.2, 0.25) is 0 Å². The second-order valence-electron chi connectivity index (χ2n) is 9.24. The molecule has 3 heterocycles. The molecule has 0 radical (unpaired) electrons. The van der Waals surface area contributed by atoms with E-state index in [0.29, 0.717) is 5.41 Å². The van der Waals surface area contributed by atoms with E-state index >= 15 is 0 Å². The molecule has 0 amide bonds. The Morgan fingerprint density at radius 1 is 1.08 bits per heavy atom. The molecule has 2 fully saturated rings. The summed E-state index contributed by atoms with van der Waals surface area (Å²) < 4.78 is 2.06. The molecule has 0 aliphatic carbocycles. The molecule has 1 spiro atoms. The van der Waals surface area contributed by atoms with Gasteiger partial charge in [0, 0.05) is 30.3 Å². The maximum Gasteiger partial charge on any atom is 0.0727 e. The van der Waals surface area contributed by atoms with Gasteiger partial charge in [0.15, 0.2) is 0 Å². The molecule has 0 saturated carbocycles. The highest BCUT2D eigenvalue weighted by Crippen LogP contribution is 2.39. The first-order valence-electron chi connectivity index (χ1n) is 10.0. The summed E-state index contributed by atoms with van der Waals surface area (Å²) in [5.41, 5.74) is 4.37. The van der Waals surface area contributed by atoms with Crippen LogP contribution in [-0.4, -0.2) is 40.9 Å². The van der Waals surface area contributed by atoms with E-state index in [2.05, 4.69) is 72.2 Å². The second kappa shape index (κ2) is 6.82. The van der Waals surface area contributed by atoms with Gasteiger partial charge in [0.25, 0.3) is 0 Å². The van der Waals surface area contributed by atoms with Crippen molar-refractivity contribution in [2.24, 2.45) is 5.41 Å². The molecule has 2 aromatic rings. The maximum absolute atomic E-state index is 4.98. The van der Waals surface area contributed by atoms with Gasteiger partial charge in [0.2, 0.25) is 0 Å². The average Bonchev–Trinajstić information content (AvgIpc) is 3.21. The first-order valence-corrected chi connectivity index (χ1v) is 10.0. The fourth-order valence-electron chi connectivity index (χ4n) is 4.64. The molecule has 0 atom stereocenters. The van der Waals surface area contributed by atoms with E-state index in [1.807, 2.05) is 0 Å². The lowest BCUT2D eigenvalue weighted by atomic mass is 9.78. The molecule has 1 aromatic carbocycles. The quantitative estimate of drug-likeness (QED) is 0.913. The smallest absolute Gasteiger partial charge is 0.0727 e. The molecular weight excluding hydrogens is 320 g/mol. The van der Waals surface area contributed by atoms with Gasteiger partial charge in [0.05, 0.1) is 11.4 Å². The van der Waals surface area contributed by atoms with Crippen molar-refractivity contribution in [3.63, 3.8) is 0 Å². The molecule has 4 nitrogen and oxygen atoms in total. The van der Waals surface area contributed by atoms with Gasteiger partial charge >= 0.3 is 0 Å². The van der Waals surface area contributed by atoms with Crippen LogP contribution in [0, 0.1) is 5.41 Å². The van der Waals surface area contributed by atoms with Crippen LogP contribution < -0.4 is 5.32 Å². The molecule has 26 heavy (non-hydrogen) atoms. The van der Waals surface area contributed by atoms with Gasteiger partial charge in [0.1, 0.15) is 0 Å². The van der Waals surface area contributed by atoms with Crippen LogP contribution in [-0.2, 0) is 12.0 Å². The SMILES string of the molecule is CC(C)(C)c1nn(-c2ccccc2)cc1CN1CCC2(CCNCC2)C1. The van der Waals surface area contributed by atoms with Crippen LogP contribution in [0.25, 0.3) is 5.69 Å². The van der Waals surface area contributed by atoms with Crippen molar-refractivity contribution >= 4 is 0 Å². The monoisotopic (exact) mass is 352 g/mol. The number of likely N-dealkylation sites (tertiary alicyclic amines) is 1. The Morgan fingerprint density at radius 2 is 1.81 bits per heavy atom. The number of aromatic nitrogens is 2. The predicted octanol–water partition coefficient (Wildman–Crippen LogP) is 3.75. The number of rotatable bonds is 3. The Labute approximate surface area is 157 Å². The number of nitrogens with zero attached hydrogens (tertiary/aromatic N) is 3. The highest BCUT2D eigenvalue weighted by molar-refractivity contribution is 5.34. The fraction of sp³-hybridized carbons (Fsp3) is 0.591. The van der Waals surface area contributed by atoms with Crippen molar-refractivity contribution < 1.29 is 0 Å². The van der Waals surface area contributed by atoms with Crippen LogP contribution in [0.5, 0.6) is 0 Å². The zero-order valence-electron chi connectivity index (χ0n) is 16.5. The summed E-state index contributed by atoms with van der Waals surface area (Å²) in [4.78, 5) is 2.66. The zero-order chi connectivity index (χ0) is 18.2. The summed E-state index contributed by atoms with van der Waals surface area (Å²) in [5, 5.41) is 8.50. The van der Waals surface area contributed by atoms with Gasteiger partial charge < -0.3 is 5.32 Å². The van der Waals surface area contributed by atoms with Crippen LogP contribution in [0.3, 0.4) is 0 Å². The Kier molecular flexibility index (Phi) is 4.66. The standard InChI is InChI=1S/C22H32N4/c1-21(2,3)20-18(16-26(24-20)19-7-5-4-6-8-19)15-25-14-11-22(17-25)9-12-23-13-10-22/h4-8,16,23H,9-15,17H2,1-3H3. The van der Waals surface area contributed by atoms with Gasteiger partial charge in [-0.1, -0.05) is 39.0 Å². The van der Waals surface area contributed by atoms with Gasteiger partial charge in [-0.05, 0) is 56.4 Å². The molecule has 4 heteroatoms. The third-order valence-electron chi connectivity index (χ3n) is 6.10. The van der Waals surface area contributed by atoms with Crippen molar-refractivity contribution in [1.82, 2.24) is 20.0 Å². The predicted molar refractivity (Wildman–Crippen MR) is 107 cm³/mol. The number of hydrogen-bond donors (Lipinski definition) is 1. The summed E-state index contributed by atoms with van der Waals surface area (Å²) in [6.45, 7) is 12.7. The first-order chi connectivity index (χ1) is 12.5. The van der Waals surface area contributed by atoms with E-state index in [4.69, 9.17) is 5.10 Å². The van der Waals surface area contributed by atoms with Gasteiger partial charge in [-0.25, -0.2) is 4.68 Å². The molecule has 4 rings (SSSR count). The minimum atomic E-state index is 0.0571. The number of piperidine rings is 1. The van der Waals surface area contributed by atoms with E-state index in [0.717, 1.165) is 12.2 Å². The van der Waals surface area contributed by atoms with Crippen molar-refractivity contribution in [3.8, 4) is 5.69 Å². The minimum absolute atomic E-state index is 0.0571. The van der Waals surface area contributed by atoms with Crippen LogP contribution >= 0.6 is 0 Å². The molecule has 2 aliphatic heterocycles. The Bertz CT molecular complexity index is 735.